The Hall–Kier alpha value is -1.21. The van der Waals surface area contributed by atoms with Crippen molar-refractivity contribution >= 4 is 15.9 Å². The maximum absolute atomic E-state index is 11.5. The predicted octanol–water partition coefficient (Wildman–Crippen LogP) is 0.957. The van der Waals surface area contributed by atoms with E-state index in [1.807, 2.05) is 0 Å². The Morgan fingerprint density at radius 2 is 2.25 bits per heavy atom. The van der Waals surface area contributed by atoms with Crippen molar-refractivity contribution < 1.29 is 14.8 Å². The third kappa shape index (κ3) is 2.67. The van der Waals surface area contributed by atoms with Gasteiger partial charge in [-0.25, -0.2) is 0 Å². The fraction of sp³-hybridized carbons (Fsp3) is 0.444. The molecule has 1 atom stereocenters. The fourth-order valence-corrected chi connectivity index (χ4v) is 1.72. The van der Waals surface area contributed by atoms with Crippen molar-refractivity contribution in [2.24, 2.45) is 0 Å². The second-order valence-corrected chi connectivity index (χ2v) is 4.35. The predicted molar refractivity (Wildman–Crippen MR) is 59.2 cm³/mol. The summed E-state index contributed by atoms with van der Waals surface area (Å²) in [5.41, 5.74) is -1.75. The molecule has 1 N–H and O–H groups in total. The molecule has 0 aromatic carbocycles. The van der Waals surface area contributed by atoms with Gasteiger partial charge in [-0.15, -0.1) is 0 Å². The standard InChI is InChI=1S/C9H11BrN2O4/c1-2-9(13,6-12(15)16)8-4-3-7(10)5-11(8)14/h3-5,13H,2,6H2,1H3/t9-/m0/s1. The van der Waals surface area contributed by atoms with Gasteiger partial charge in [0.25, 0.3) is 0 Å². The summed E-state index contributed by atoms with van der Waals surface area (Å²) in [6, 6.07) is 2.94. The van der Waals surface area contributed by atoms with E-state index in [0.29, 0.717) is 9.20 Å². The molecule has 7 heteroatoms. The van der Waals surface area contributed by atoms with E-state index in [1.165, 1.54) is 12.3 Å². The highest BCUT2D eigenvalue weighted by atomic mass is 79.9. The van der Waals surface area contributed by atoms with Crippen LogP contribution in [-0.4, -0.2) is 16.6 Å². The summed E-state index contributed by atoms with van der Waals surface area (Å²) >= 11 is 3.10. The van der Waals surface area contributed by atoms with Gasteiger partial charge < -0.3 is 10.3 Å². The van der Waals surface area contributed by atoms with E-state index < -0.39 is 17.1 Å². The van der Waals surface area contributed by atoms with E-state index in [9.17, 15) is 20.4 Å². The third-order valence-electron chi connectivity index (χ3n) is 2.33. The molecular weight excluding hydrogens is 280 g/mol. The van der Waals surface area contributed by atoms with Crippen LogP contribution in [0.3, 0.4) is 0 Å². The lowest BCUT2D eigenvalue weighted by Gasteiger charge is -2.20. The van der Waals surface area contributed by atoms with E-state index >= 15 is 0 Å². The minimum absolute atomic E-state index is 0.0186. The molecule has 0 aliphatic carbocycles. The first kappa shape index (κ1) is 12.9. The number of pyridine rings is 1. The number of rotatable bonds is 4. The zero-order valence-electron chi connectivity index (χ0n) is 8.59. The largest absolute Gasteiger partial charge is 0.618 e. The van der Waals surface area contributed by atoms with E-state index in [2.05, 4.69) is 15.9 Å². The molecule has 0 radical (unpaired) electrons. The van der Waals surface area contributed by atoms with Crippen LogP contribution in [0.5, 0.6) is 0 Å². The van der Waals surface area contributed by atoms with Crippen LogP contribution in [0.1, 0.15) is 19.0 Å². The number of aliphatic hydroxyl groups is 1. The zero-order chi connectivity index (χ0) is 12.3. The van der Waals surface area contributed by atoms with E-state index in [-0.39, 0.29) is 12.1 Å². The maximum atomic E-state index is 11.5. The molecule has 0 bridgehead atoms. The first-order chi connectivity index (χ1) is 7.39. The first-order valence-electron chi connectivity index (χ1n) is 4.62. The Morgan fingerprint density at radius 3 is 2.69 bits per heavy atom. The van der Waals surface area contributed by atoms with Crippen molar-refractivity contribution in [2.75, 3.05) is 6.54 Å². The molecule has 88 valence electrons. The second-order valence-electron chi connectivity index (χ2n) is 3.43. The normalized spacial score (nSPS) is 14.4. The molecule has 1 heterocycles. The molecule has 0 amide bonds. The van der Waals surface area contributed by atoms with Crippen LogP contribution in [0.4, 0.5) is 0 Å². The van der Waals surface area contributed by atoms with Crippen molar-refractivity contribution in [3.63, 3.8) is 0 Å². The summed E-state index contributed by atoms with van der Waals surface area (Å²) in [6.07, 6.45) is 1.30. The van der Waals surface area contributed by atoms with Gasteiger partial charge in [-0.1, -0.05) is 6.92 Å². The van der Waals surface area contributed by atoms with Crippen LogP contribution in [0, 0.1) is 15.3 Å². The van der Waals surface area contributed by atoms with Gasteiger partial charge in [-0.2, -0.15) is 4.73 Å². The average molecular weight is 291 g/mol. The van der Waals surface area contributed by atoms with Crippen LogP contribution in [0.2, 0.25) is 0 Å². The SMILES string of the molecule is CC[C@](O)(C[N+](=O)[O-])c1ccc(Br)c[n+]1[O-]. The van der Waals surface area contributed by atoms with Crippen molar-refractivity contribution in [2.45, 2.75) is 18.9 Å². The minimum Gasteiger partial charge on any atom is -0.618 e. The highest BCUT2D eigenvalue weighted by molar-refractivity contribution is 9.10. The minimum atomic E-state index is -1.73. The third-order valence-corrected chi connectivity index (χ3v) is 2.80. The van der Waals surface area contributed by atoms with Crippen molar-refractivity contribution in [3.8, 4) is 0 Å². The van der Waals surface area contributed by atoms with Crippen LogP contribution >= 0.6 is 15.9 Å². The molecular formula is C9H11BrN2O4. The van der Waals surface area contributed by atoms with E-state index in [4.69, 9.17) is 0 Å². The Kier molecular flexibility index (Phi) is 3.82. The summed E-state index contributed by atoms with van der Waals surface area (Å²) in [4.78, 5) is 9.82. The molecule has 0 fully saturated rings. The molecule has 0 saturated heterocycles. The molecule has 0 aliphatic rings. The maximum Gasteiger partial charge on any atom is 0.242 e. The monoisotopic (exact) mass is 290 g/mol. The van der Waals surface area contributed by atoms with Crippen molar-refractivity contribution in [3.05, 3.63) is 43.8 Å². The van der Waals surface area contributed by atoms with Gasteiger partial charge in [0.15, 0.2) is 6.20 Å². The van der Waals surface area contributed by atoms with Gasteiger partial charge in [-0.05, 0) is 28.4 Å². The van der Waals surface area contributed by atoms with Crippen LogP contribution in [0.15, 0.2) is 22.8 Å². The molecule has 1 aromatic heterocycles. The summed E-state index contributed by atoms with van der Waals surface area (Å²) < 4.78 is 0.989. The number of hydrogen-bond donors (Lipinski definition) is 1. The summed E-state index contributed by atoms with van der Waals surface area (Å²) in [5.74, 6) is 0. The highest BCUT2D eigenvalue weighted by Crippen LogP contribution is 2.23. The van der Waals surface area contributed by atoms with Crippen LogP contribution < -0.4 is 4.73 Å². The molecule has 16 heavy (non-hydrogen) atoms. The second kappa shape index (κ2) is 4.75. The fourth-order valence-electron chi connectivity index (χ4n) is 1.40. The van der Waals surface area contributed by atoms with Crippen LogP contribution in [0.25, 0.3) is 0 Å². The van der Waals surface area contributed by atoms with Crippen molar-refractivity contribution in [1.82, 2.24) is 0 Å². The summed E-state index contributed by atoms with van der Waals surface area (Å²) in [5, 5.41) is 32.0. The molecule has 0 unspecified atom stereocenters. The summed E-state index contributed by atoms with van der Waals surface area (Å²) in [6.45, 7) is 0.902. The van der Waals surface area contributed by atoms with E-state index in [1.54, 1.807) is 13.0 Å². The molecule has 0 saturated carbocycles. The van der Waals surface area contributed by atoms with Gasteiger partial charge >= 0.3 is 0 Å². The van der Waals surface area contributed by atoms with Gasteiger partial charge in [0.1, 0.15) is 0 Å². The molecule has 1 aromatic rings. The number of nitrogens with zero attached hydrogens (tertiary/aromatic N) is 2. The Balaban J connectivity index is 3.17. The Morgan fingerprint density at radius 1 is 1.62 bits per heavy atom. The molecule has 0 spiro atoms. The van der Waals surface area contributed by atoms with Gasteiger partial charge in [-0.3, -0.25) is 10.1 Å². The quantitative estimate of drug-likeness (QED) is 0.387. The number of hydrogen-bond acceptors (Lipinski definition) is 4. The smallest absolute Gasteiger partial charge is 0.242 e. The van der Waals surface area contributed by atoms with Crippen molar-refractivity contribution in [1.29, 1.82) is 0 Å². The molecule has 6 nitrogen and oxygen atoms in total. The lowest BCUT2D eigenvalue weighted by molar-refractivity contribution is -0.630. The number of aromatic nitrogens is 1. The van der Waals surface area contributed by atoms with E-state index in [0.717, 1.165) is 0 Å². The Bertz CT molecular complexity index is 412. The number of halogens is 1. The highest BCUT2D eigenvalue weighted by Gasteiger charge is 2.40. The van der Waals surface area contributed by atoms with Crippen LogP contribution in [-0.2, 0) is 5.60 Å². The molecule has 1 rings (SSSR count). The van der Waals surface area contributed by atoms with Gasteiger partial charge in [0.05, 0.1) is 4.47 Å². The lowest BCUT2D eigenvalue weighted by Crippen LogP contribution is -2.45. The first-order valence-corrected chi connectivity index (χ1v) is 5.41. The topological polar surface area (TPSA) is 90.3 Å². The Labute approximate surface area is 100 Å². The lowest BCUT2D eigenvalue weighted by atomic mass is 9.96. The molecule has 0 aliphatic heterocycles. The zero-order valence-corrected chi connectivity index (χ0v) is 10.2. The van der Waals surface area contributed by atoms with Gasteiger partial charge in [0.2, 0.25) is 17.8 Å². The number of nitro groups is 1. The van der Waals surface area contributed by atoms with Gasteiger partial charge in [0, 0.05) is 11.0 Å². The average Bonchev–Trinajstić information content (AvgIpc) is 2.16. The summed E-state index contributed by atoms with van der Waals surface area (Å²) in [7, 11) is 0.